The molecule has 170 valence electrons. The molecule has 5 nitrogen and oxygen atoms in total. The van der Waals surface area contributed by atoms with Gasteiger partial charge in [-0.25, -0.2) is 0 Å². The first-order valence-corrected chi connectivity index (χ1v) is 11.7. The molecular weight excluding hydrogens is 412 g/mol. The van der Waals surface area contributed by atoms with Crippen molar-refractivity contribution in [3.63, 3.8) is 0 Å². The molecule has 0 fully saturated rings. The number of phenols is 1. The van der Waals surface area contributed by atoms with Crippen molar-refractivity contribution in [3.8, 4) is 11.5 Å². The Bertz CT molecular complexity index is 1160. The fourth-order valence-corrected chi connectivity index (χ4v) is 5.04. The monoisotopic (exact) mass is 442 g/mol. The fourth-order valence-electron chi connectivity index (χ4n) is 5.04. The minimum Gasteiger partial charge on any atom is -0.504 e. The second-order valence-electron chi connectivity index (χ2n) is 8.91. The van der Waals surface area contributed by atoms with Gasteiger partial charge in [-0.3, -0.25) is 9.69 Å². The van der Waals surface area contributed by atoms with Crippen molar-refractivity contribution < 1.29 is 14.6 Å². The number of carbonyl (C=O) groups is 1. The van der Waals surface area contributed by atoms with Crippen LogP contribution in [0.1, 0.15) is 34.7 Å². The smallest absolute Gasteiger partial charge is 0.240 e. The van der Waals surface area contributed by atoms with E-state index in [1.807, 2.05) is 24.0 Å². The highest BCUT2D eigenvalue weighted by Crippen LogP contribution is 2.31. The zero-order valence-electron chi connectivity index (χ0n) is 19.0. The van der Waals surface area contributed by atoms with Crippen molar-refractivity contribution in [1.29, 1.82) is 0 Å². The number of nitrogens with zero attached hydrogens (tertiary/aromatic N) is 2. The lowest BCUT2D eigenvalue weighted by atomic mass is 9.91. The highest BCUT2D eigenvalue weighted by Gasteiger charge is 2.35. The van der Waals surface area contributed by atoms with Crippen LogP contribution in [0.5, 0.6) is 11.5 Å². The van der Waals surface area contributed by atoms with Crippen molar-refractivity contribution in [3.05, 3.63) is 94.5 Å². The molecule has 0 spiro atoms. The molecule has 2 aliphatic rings. The van der Waals surface area contributed by atoms with Gasteiger partial charge in [-0.1, -0.05) is 54.6 Å². The van der Waals surface area contributed by atoms with E-state index >= 15 is 0 Å². The Labute approximate surface area is 195 Å². The lowest BCUT2D eigenvalue weighted by molar-refractivity contribution is -0.139. The molecule has 1 atom stereocenters. The van der Waals surface area contributed by atoms with Crippen LogP contribution in [0.15, 0.2) is 66.7 Å². The Morgan fingerprint density at radius 3 is 2.42 bits per heavy atom. The first kappa shape index (κ1) is 21.5. The predicted molar refractivity (Wildman–Crippen MR) is 128 cm³/mol. The molecular formula is C28H30N2O3. The van der Waals surface area contributed by atoms with E-state index in [1.165, 1.54) is 22.3 Å². The van der Waals surface area contributed by atoms with Gasteiger partial charge in [-0.05, 0) is 59.7 Å². The van der Waals surface area contributed by atoms with Gasteiger partial charge in [0.15, 0.2) is 11.5 Å². The molecule has 0 aliphatic carbocycles. The van der Waals surface area contributed by atoms with Crippen LogP contribution in [-0.2, 0) is 37.3 Å². The SMILES string of the molecule is CCOc1cc(CN2Cc3ccccc3CC2C(=O)N2CCc3ccccc3C2)ccc1O. The Morgan fingerprint density at radius 2 is 1.67 bits per heavy atom. The highest BCUT2D eigenvalue weighted by molar-refractivity contribution is 5.83. The molecule has 1 unspecified atom stereocenters. The number of amides is 1. The topological polar surface area (TPSA) is 53.0 Å². The standard InChI is InChI=1S/C28H30N2O3/c1-2-33-27-15-20(11-12-26(27)31)17-30-19-24-10-6-4-8-22(24)16-25(30)28(32)29-14-13-21-7-3-5-9-23(21)18-29/h3-12,15,25,31H,2,13-14,16-19H2,1H3. The van der Waals surface area contributed by atoms with Gasteiger partial charge in [0, 0.05) is 26.2 Å². The molecule has 0 radical (unpaired) electrons. The lowest BCUT2D eigenvalue weighted by Crippen LogP contribution is -2.52. The first-order valence-electron chi connectivity index (χ1n) is 11.7. The van der Waals surface area contributed by atoms with Crippen LogP contribution < -0.4 is 4.74 Å². The molecule has 2 aliphatic heterocycles. The average Bonchev–Trinajstić information content (AvgIpc) is 2.85. The summed E-state index contributed by atoms with van der Waals surface area (Å²) in [5, 5.41) is 10.1. The maximum Gasteiger partial charge on any atom is 0.240 e. The number of hydrogen-bond donors (Lipinski definition) is 1. The van der Waals surface area contributed by atoms with Gasteiger partial charge in [0.1, 0.15) is 0 Å². The number of rotatable bonds is 5. The molecule has 5 heteroatoms. The van der Waals surface area contributed by atoms with Gasteiger partial charge in [-0.2, -0.15) is 0 Å². The summed E-state index contributed by atoms with van der Waals surface area (Å²) in [5.74, 6) is 0.829. The van der Waals surface area contributed by atoms with Gasteiger partial charge in [0.25, 0.3) is 0 Å². The quantitative estimate of drug-likeness (QED) is 0.640. The fraction of sp³-hybridized carbons (Fsp3) is 0.321. The number of phenolic OH excluding ortho intramolecular Hbond substituents is 1. The zero-order chi connectivity index (χ0) is 22.8. The summed E-state index contributed by atoms with van der Waals surface area (Å²) in [7, 11) is 0. The number of carbonyl (C=O) groups excluding carboxylic acids is 1. The number of hydrogen-bond acceptors (Lipinski definition) is 4. The largest absolute Gasteiger partial charge is 0.504 e. The predicted octanol–water partition coefficient (Wildman–Crippen LogP) is 4.30. The van der Waals surface area contributed by atoms with E-state index in [-0.39, 0.29) is 17.7 Å². The van der Waals surface area contributed by atoms with Crippen molar-refractivity contribution >= 4 is 5.91 Å². The first-order chi connectivity index (χ1) is 16.1. The molecule has 2 heterocycles. The number of benzene rings is 3. The van der Waals surface area contributed by atoms with E-state index in [0.29, 0.717) is 31.9 Å². The number of aromatic hydroxyl groups is 1. The van der Waals surface area contributed by atoms with Crippen molar-refractivity contribution in [2.24, 2.45) is 0 Å². The van der Waals surface area contributed by atoms with Crippen molar-refractivity contribution in [2.45, 2.75) is 45.4 Å². The maximum absolute atomic E-state index is 13.8. The van der Waals surface area contributed by atoms with Crippen LogP contribution in [0.2, 0.25) is 0 Å². The number of fused-ring (bicyclic) bond motifs is 2. The lowest BCUT2D eigenvalue weighted by Gasteiger charge is -2.40. The summed E-state index contributed by atoms with van der Waals surface area (Å²) in [5.41, 5.74) is 6.15. The van der Waals surface area contributed by atoms with E-state index in [1.54, 1.807) is 6.07 Å². The van der Waals surface area contributed by atoms with Crippen LogP contribution in [-0.4, -0.2) is 40.0 Å². The molecule has 1 amide bonds. The summed E-state index contributed by atoms with van der Waals surface area (Å²) < 4.78 is 5.58. The zero-order valence-corrected chi connectivity index (χ0v) is 19.0. The third kappa shape index (κ3) is 4.46. The van der Waals surface area contributed by atoms with Crippen LogP contribution in [0.25, 0.3) is 0 Å². The van der Waals surface area contributed by atoms with Crippen molar-refractivity contribution in [1.82, 2.24) is 9.80 Å². The Balaban J connectivity index is 1.41. The van der Waals surface area contributed by atoms with Crippen LogP contribution in [0.4, 0.5) is 0 Å². The normalized spacial score (nSPS) is 17.8. The third-order valence-corrected chi connectivity index (χ3v) is 6.78. The van der Waals surface area contributed by atoms with Crippen LogP contribution in [0.3, 0.4) is 0 Å². The van der Waals surface area contributed by atoms with Gasteiger partial charge in [-0.15, -0.1) is 0 Å². The van der Waals surface area contributed by atoms with E-state index in [9.17, 15) is 9.90 Å². The summed E-state index contributed by atoms with van der Waals surface area (Å²) in [6, 6.07) is 22.1. The summed E-state index contributed by atoms with van der Waals surface area (Å²) >= 11 is 0. The number of ether oxygens (including phenoxy) is 1. The average molecular weight is 443 g/mol. The van der Waals surface area contributed by atoms with Gasteiger partial charge in [0.2, 0.25) is 5.91 Å². The molecule has 3 aromatic carbocycles. The maximum atomic E-state index is 13.8. The van der Waals surface area contributed by atoms with E-state index < -0.39 is 0 Å². The minimum absolute atomic E-state index is 0.143. The van der Waals surface area contributed by atoms with E-state index in [4.69, 9.17) is 4.74 Å². The molecule has 0 saturated heterocycles. The molecule has 5 rings (SSSR count). The second-order valence-corrected chi connectivity index (χ2v) is 8.91. The highest BCUT2D eigenvalue weighted by atomic mass is 16.5. The Hall–Kier alpha value is -3.31. The summed E-state index contributed by atoms with van der Waals surface area (Å²) in [4.78, 5) is 18.1. The van der Waals surface area contributed by atoms with Crippen LogP contribution in [0, 0.1) is 0 Å². The minimum atomic E-state index is -0.213. The molecule has 1 N–H and O–H groups in total. The Morgan fingerprint density at radius 1 is 0.970 bits per heavy atom. The third-order valence-electron chi connectivity index (χ3n) is 6.78. The molecule has 0 aromatic heterocycles. The summed E-state index contributed by atoms with van der Waals surface area (Å²) in [6.07, 6.45) is 1.62. The van der Waals surface area contributed by atoms with Crippen molar-refractivity contribution in [2.75, 3.05) is 13.2 Å². The Kier molecular flexibility index (Phi) is 6.05. The van der Waals surface area contributed by atoms with Gasteiger partial charge in [0.05, 0.1) is 12.6 Å². The van der Waals surface area contributed by atoms with Crippen LogP contribution >= 0.6 is 0 Å². The van der Waals surface area contributed by atoms with E-state index in [0.717, 1.165) is 25.1 Å². The van der Waals surface area contributed by atoms with E-state index in [2.05, 4.69) is 53.4 Å². The van der Waals surface area contributed by atoms with Gasteiger partial charge < -0.3 is 14.7 Å². The molecule has 0 saturated carbocycles. The molecule has 0 bridgehead atoms. The molecule has 33 heavy (non-hydrogen) atoms. The van der Waals surface area contributed by atoms with Gasteiger partial charge >= 0.3 is 0 Å². The summed E-state index contributed by atoms with van der Waals surface area (Å²) in [6.45, 7) is 5.17. The molecule has 3 aromatic rings. The second kappa shape index (κ2) is 9.28.